The predicted octanol–water partition coefficient (Wildman–Crippen LogP) is 5.67. The van der Waals surface area contributed by atoms with Crippen LogP contribution in [0.3, 0.4) is 0 Å². The van der Waals surface area contributed by atoms with Crippen molar-refractivity contribution in [3.05, 3.63) is 99.9 Å². The normalized spacial score (nSPS) is 11.1. The molecule has 0 aliphatic carbocycles. The number of nitrogens with two attached hydrogens (primary N) is 1. The number of nitrogens with zero attached hydrogens (tertiary/aromatic N) is 5. The Morgan fingerprint density at radius 2 is 1.75 bits per heavy atom. The first-order chi connectivity index (χ1) is 19.4. The number of hydrogen-bond donors (Lipinski definition) is 2. The summed E-state index contributed by atoms with van der Waals surface area (Å²) < 4.78 is 8.04. The van der Waals surface area contributed by atoms with Gasteiger partial charge in [0.25, 0.3) is 0 Å². The lowest BCUT2D eigenvalue weighted by Gasteiger charge is -2.09. The average Bonchev–Trinajstić information content (AvgIpc) is 3.62. The highest BCUT2D eigenvalue weighted by Crippen LogP contribution is 2.30. The fourth-order valence-electron chi connectivity index (χ4n) is 4.31. The zero-order valence-electron chi connectivity index (χ0n) is 21.6. The Bertz CT molecular complexity index is 1570. The van der Waals surface area contributed by atoms with Crippen molar-refractivity contribution in [1.82, 2.24) is 30.2 Å². The number of halogens is 2. The van der Waals surface area contributed by atoms with Crippen molar-refractivity contribution in [2.24, 2.45) is 5.73 Å². The summed E-state index contributed by atoms with van der Waals surface area (Å²) in [7, 11) is 0. The maximum atomic E-state index is 11.3. The first-order valence-electron chi connectivity index (χ1n) is 12.8. The minimum absolute atomic E-state index is 0.314. The van der Waals surface area contributed by atoms with Gasteiger partial charge in [-0.1, -0.05) is 59.6 Å². The van der Waals surface area contributed by atoms with Gasteiger partial charge in [-0.25, -0.2) is 4.98 Å². The molecule has 9 nitrogen and oxygen atoms in total. The standard InChI is InChI=1S/C29H27Cl2N7O2/c30-22-10-13-24(25(31)16-22)26-17-38(15-1-2-27(32)39)28(33-26)14-7-19-5-11-23(12-6-19)40-18-20-3-8-21(9-4-20)29-34-36-37-35-29/h3-6,8-13,16-17H,1-2,7,14-15,18H2,(H2,32,39)(H,34,35,36,37). The molecule has 0 radical (unpaired) electrons. The Hall–Kier alpha value is -4.21. The zero-order valence-corrected chi connectivity index (χ0v) is 23.1. The van der Waals surface area contributed by atoms with Gasteiger partial charge in [0.15, 0.2) is 0 Å². The van der Waals surface area contributed by atoms with E-state index in [2.05, 4.69) is 37.3 Å². The predicted molar refractivity (Wildman–Crippen MR) is 154 cm³/mol. The van der Waals surface area contributed by atoms with Gasteiger partial charge in [-0.05, 0) is 59.5 Å². The van der Waals surface area contributed by atoms with E-state index in [4.69, 9.17) is 38.7 Å². The third kappa shape index (κ3) is 7.05. The van der Waals surface area contributed by atoms with Gasteiger partial charge in [0, 0.05) is 41.7 Å². The first-order valence-corrected chi connectivity index (χ1v) is 13.5. The summed E-state index contributed by atoms with van der Waals surface area (Å²) in [5.74, 6) is 1.95. The Morgan fingerprint density at radius 3 is 2.45 bits per heavy atom. The number of amides is 1. The van der Waals surface area contributed by atoms with E-state index < -0.39 is 0 Å². The van der Waals surface area contributed by atoms with Crippen LogP contribution in [0.2, 0.25) is 10.0 Å². The molecule has 0 bridgehead atoms. The van der Waals surface area contributed by atoms with Gasteiger partial charge < -0.3 is 15.0 Å². The minimum Gasteiger partial charge on any atom is -0.489 e. The van der Waals surface area contributed by atoms with Gasteiger partial charge >= 0.3 is 0 Å². The molecule has 11 heteroatoms. The first kappa shape index (κ1) is 27.4. The van der Waals surface area contributed by atoms with E-state index in [9.17, 15) is 4.79 Å². The summed E-state index contributed by atoms with van der Waals surface area (Å²) in [6, 6.07) is 21.3. The molecular formula is C29H27Cl2N7O2. The second-order valence-electron chi connectivity index (χ2n) is 9.29. The monoisotopic (exact) mass is 575 g/mol. The van der Waals surface area contributed by atoms with E-state index in [0.29, 0.717) is 48.3 Å². The number of ether oxygens (including phenoxy) is 1. The molecule has 0 saturated heterocycles. The maximum Gasteiger partial charge on any atom is 0.217 e. The Balaban J connectivity index is 1.21. The zero-order chi connectivity index (χ0) is 27.9. The Kier molecular flexibility index (Phi) is 8.73. The molecule has 5 aromatic rings. The van der Waals surface area contributed by atoms with Crippen LogP contribution in [-0.2, 0) is 30.8 Å². The van der Waals surface area contributed by atoms with Crippen molar-refractivity contribution in [2.75, 3.05) is 0 Å². The summed E-state index contributed by atoms with van der Waals surface area (Å²) >= 11 is 12.5. The highest BCUT2D eigenvalue weighted by atomic mass is 35.5. The third-order valence-electron chi connectivity index (χ3n) is 6.41. The number of aromatic nitrogens is 6. The number of H-pyrrole nitrogens is 1. The largest absolute Gasteiger partial charge is 0.489 e. The van der Waals surface area contributed by atoms with Crippen LogP contribution in [0.25, 0.3) is 22.6 Å². The number of carbonyl (C=O) groups excluding carboxylic acids is 1. The topological polar surface area (TPSA) is 125 Å². The highest BCUT2D eigenvalue weighted by molar-refractivity contribution is 6.36. The molecule has 1 amide bonds. The number of nitrogens with one attached hydrogen (secondary N) is 1. The summed E-state index contributed by atoms with van der Waals surface area (Å²) in [6.45, 7) is 1.09. The van der Waals surface area contributed by atoms with Gasteiger partial charge in [-0.15, -0.1) is 10.2 Å². The van der Waals surface area contributed by atoms with Crippen LogP contribution in [0, 0.1) is 0 Å². The molecule has 2 heterocycles. The van der Waals surface area contributed by atoms with Crippen LogP contribution in [0.15, 0.2) is 72.9 Å². The maximum absolute atomic E-state index is 11.3. The number of primary amides is 1. The van der Waals surface area contributed by atoms with Gasteiger partial charge in [-0.2, -0.15) is 5.21 Å². The van der Waals surface area contributed by atoms with Crippen molar-refractivity contribution in [1.29, 1.82) is 0 Å². The molecule has 0 aliphatic heterocycles. The van der Waals surface area contributed by atoms with Gasteiger partial charge in [-0.3, -0.25) is 4.79 Å². The van der Waals surface area contributed by atoms with Gasteiger partial charge in [0.1, 0.15) is 18.2 Å². The summed E-state index contributed by atoms with van der Waals surface area (Å²) in [5, 5.41) is 15.1. The van der Waals surface area contributed by atoms with Crippen LogP contribution >= 0.6 is 23.2 Å². The molecule has 3 aromatic carbocycles. The molecule has 0 unspecified atom stereocenters. The lowest BCUT2D eigenvalue weighted by molar-refractivity contribution is -0.118. The Labute approximate surface area is 241 Å². The van der Waals surface area contributed by atoms with Gasteiger partial charge in [0.05, 0.1) is 10.7 Å². The van der Waals surface area contributed by atoms with E-state index in [0.717, 1.165) is 45.9 Å². The van der Waals surface area contributed by atoms with E-state index >= 15 is 0 Å². The van der Waals surface area contributed by atoms with Crippen molar-refractivity contribution < 1.29 is 9.53 Å². The smallest absolute Gasteiger partial charge is 0.217 e. The number of aromatic amines is 1. The van der Waals surface area contributed by atoms with E-state index in [1.54, 1.807) is 12.1 Å². The molecule has 2 aromatic heterocycles. The molecular weight excluding hydrogens is 549 g/mol. The molecule has 40 heavy (non-hydrogen) atoms. The summed E-state index contributed by atoms with van der Waals surface area (Å²) in [4.78, 5) is 16.1. The minimum atomic E-state index is -0.314. The molecule has 204 valence electrons. The van der Waals surface area contributed by atoms with Crippen LogP contribution in [0.5, 0.6) is 5.75 Å². The second kappa shape index (κ2) is 12.8. The SMILES string of the molecule is NC(=O)CCCn1cc(-c2ccc(Cl)cc2Cl)nc1CCc1ccc(OCc2ccc(-c3nn[nH]n3)cc2)cc1. The second-order valence-corrected chi connectivity index (χ2v) is 10.1. The molecule has 5 rings (SSSR count). The van der Waals surface area contributed by atoms with Crippen molar-refractivity contribution >= 4 is 29.1 Å². The number of aryl methyl sites for hydroxylation is 3. The summed E-state index contributed by atoms with van der Waals surface area (Å²) in [5.41, 5.74) is 10.0. The third-order valence-corrected chi connectivity index (χ3v) is 6.96. The van der Waals surface area contributed by atoms with Crippen LogP contribution in [0.4, 0.5) is 0 Å². The quantitative estimate of drug-likeness (QED) is 0.197. The number of benzene rings is 3. The number of rotatable bonds is 12. The molecule has 0 fully saturated rings. The van der Waals surface area contributed by atoms with E-state index in [1.807, 2.05) is 48.7 Å². The average molecular weight is 576 g/mol. The fourth-order valence-corrected chi connectivity index (χ4v) is 4.81. The van der Waals surface area contributed by atoms with Crippen LogP contribution in [0.1, 0.15) is 29.8 Å². The van der Waals surface area contributed by atoms with Crippen molar-refractivity contribution in [2.45, 2.75) is 38.8 Å². The van der Waals surface area contributed by atoms with Crippen molar-refractivity contribution in [3.63, 3.8) is 0 Å². The van der Waals surface area contributed by atoms with Crippen molar-refractivity contribution in [3.8, 4) is 28.4 Å². The van der Waals surface area contributed by atoms with Gasteiger partial charge in [0.2, 0.25) is 11.7 Å². The number of hydrogen-bond acceptors (Lipinski definition) is 6. The molecule has 0 saturated carbocycles. The molecule has 0 aliphatic rings. The van der Waals surface area contributed by atoms with Crippen LogP contribution < -0.4 is 10.5 Å². The lowest BCUT2D eigenvalue weighted by atomic mass is 10.1. The van der Waals surface area contributed by atoms with E-state index in [-0.39, 0.29) is 5.91 Å². The number of imidazole rings is 1. The molecule has 3 N–H and O–H groups in total. The van der Waals surface area contributed by atoms with E-state index in [1.165, 1.54) is 0 Å². The van der Waals surface area contributed by atoms with Crippen LogP contribution in [-0.4, -0.2) is 36.1 Å². The summed E-state index contributed by atoms with van der Waals surface area (Å²) in [6.07, 6.45) is 4.43. The fraction of sp³-hybridized carbons (Fsp3) is 0.207. The number of carbonyl (C=O) groups is 1. The molecule has 0 atom stereocenters. The Morgan fingerprint density at radius 1 is 0.975 bits per heavy atom. The number of tetrazole rings is 1. The highest BCUT2D eigenvalue weighted by Gasteiger charge is 2.13. The molecule has 0 spiro atoms. The lowest BCUT2D eigenvalue weighted by Crippen LogP contribution is -2.12.